The average Bonchev–Trinajstić information content (AvgIpc) is 2.97. The summed E-state index contributed by atoms with van der Waals surface area (Å²) < 4.78 is 0. The van der Waals surface area contributed by atoms with Crippen LogP contribution >= 0.6 is 23.1 Å². The Bertz CT molecular complexity index is 523. The van der Waals surface area contributed by atoms with Gasteiger partial charge in [0.15, 0.2) is 5.17 Å². The molecule has 0 amide bonds. The third kappa shape index (κ3) is 3.84. The maximum atomic E-state index is 4.93. The monoisotopic (exact) mass is 322 g/mol. The Morgan fingerprint density at radius 3 is 3.05 bits per heavy atom. The fourth-order valence-corrected chi connectivity index (χ4v) is 5.91. The first-order chi connectivity index (χ1) is 10.0. The van der Waals surface area contributed by atoms with Crippen molar-refractivity contribution in [3.8, 4) is 0 Å². The Hall–Kier alpha value is -0.480. The highest BCUT2D eigenvalue weighted by Gasteiger charge is 2.40. The molecule has 2 fully saturated rings. The van der Waals surface area contributed by atoms with Gasteiger partial charge in [-0.15, -0.1) is 11.3 Å². The Morgan fingerprint density at radius 2 is 2.33 bits per heavy atom. The smallest absolute Gasteiger partial charge is 0.157 e. The number of rotatable bonds is 3. The van der Waals surface area contributed by atoms with Crippen LogP contribution in [0.15, 0.2) is 17.1 Å². The third-order valence-electron chi connectivity index (χ3n) is 4.58. The molecular formula is C17H26N2S2. The topological polar surface area (TPSA) is 24.4 Å². The minimum absolute atomic E-state index is 0.348. The lowest BCUT2D eigenvalue weighted by atomic mass is 9.78. The highest BCUT2D eigenvalue weighted by molar-refractivity contribution is 8.14. The molecule has 4 heteroatoms. The number of nitrogens with one attached hydrogen (secondary N) is 1. The SMILES string of the molecule is Cc1ccc(CC(C)N=C2NC3(CCCC(C)C3)CS2)s1. The first-order valence-electron chi connectivity index (χ1n) is 8.09. The first-order valence-corrected chi connectivity index (χ1v) is 9.89. The van der Waals surface area contributed by atoms with Crippen LogP contribution in [0, 0.1) is 12.8 Å². The largest absolute Gasteiger partial charge is 0.359 e. The lowest BCUT2D eigenvalue weighted by Gasteiger charge is -2.36. The molecule has 1 spiro atoms. The number of aryl methyl sites for hydroxylation is 1. The molecule has 1 aromatic heterocycles. The van der Waals surface area contributed by atoms with Crippen molar-refractivity contribution >= 4 is 28.3 Å². The predicted molar refractivity (Wildman–Crippen MR) is 95.6 cm³/mol. The molecule has 2 heterocycles. The molecule has 21 heavy (non-hydrogen) atoms. The number of aliphatic imine (C=N–C) groups is 1. The summed E-state index contributed by atoms with van der Waals surface area (Å²) in [7, 11) is 0. The Kier molecular flexibility index (Phi) is 4.65. The van der Waals surface area contributed by atoms with Gasteiger partial charge in [0, 0.05) is 27.5 Å². The van der Waals surface area contributed by atoms with Crippen molar-refractivity contribution < 1.29 is 0 Å². The molecule has 3 unspecified atom stereocenters. The van der Waals surface area contributed by atoms with Gasteiger partial charge in [0.25, 0.3) is 0 Å². The van der Waals surface area contributed by atoms with E-state index >= 15 is 0 Å². The molecule has 1 aliphatic carbocycles. The number of hydrogen-bond acceptors (Lipinski definition) is 3. The molecule has 1 aliphatic heterocycles. The maximum absolute atomic E-state index is 4.93. The van der Waals surface area contributed by atoms with Gasteiger partial charge in [-0.2, -0.15) is 0 Å². The molecule has 116 valence electrons. The zero-order chi connectivity index (χ0) is 14.9. The van der Waals surface area contributed by atoms with Gasteiger partial charge in [-0.3, -0.25) is 4.99 Å². The van der Waals surface area contributed by atoms with E-state index in [4.69, 9.17) is 4.99 Å². The normalized spacial score (nSPS) is 32.5. The van der Waals surface area contributed by atoms with Crippen LogP contribution in [0.3, 0.4) is 0 Å². The van der Waals surface area contributed by atoms with Gasteiger partial charge in [-0.05, 0) is 44.7 Å². The van der Waals surface area contributed by atoms with Gasteiger partial charge in [-0.25, -0.2) is 0 Å². The first kappa shape index (κ1) is 15.4. The highest BCUT2D eigenvalue weighted by Crippen LogP contribution is 2.38. The van der Waals surface area contributed by atoms with Crippen molar-refractivity contribution in [3.63, 3.8) is 0 Å². The third-order valence-corrected chi connectivity index (χ3v) is 6.78. The Labute approximate surface area is 136 Å². The van der Waals surface area contributed by atoms with E-state index in [2.05, 4.69) is 38.2 Å². The number of thiophene rings is 1. The summed E-state index contributed by atoms with van der Waals surface area (Å²) in [5.74, 6) is 2.07. The van der Waals surface area contributed by atoms with Crippen molar-refractivity contribution in [2.75, 3.05) is 5.75 Å². The van der Waals surface area contributed by atoms with Crippen LogP contribution in [0.5, 0.6) is 0 Å². The fraction of sp³-hybridized carbons (Fsp3) is 0.706. The Morgan fingerprint density at radius 1 is 1.48 bits per heavy atom. The Balaban J connectivity index is 1.59. The van der Waals surface area contributed by atoms with E-state index < -0.39 is 0 Å². The molecule has 0 aromatic carbocycles. The van der Waals surface area contributed by atoms with Gasteiger partial charge in [0.05, 0.1) is 6.04 Å². The molecular weight excluding hydrogens is 296 g/mol. The zero-order valence-corrected chi connectivity index (χ0v) is 14.9. The molecule has 2 aliphatic rings. The molecule has 3 rings (SSSR count). The molecule has 1 aromatic rings. The minimum atomic E-state index is 0.348. The maximum Gasteiger partial charge on any atom is 0.157 e. The molecule has 2 nitrogen and oxygen atoms in total. The van der Waals surface area contributed by atoms with Crippen LogP contribution in [0.1, 0.15) is 49.3 Å². The van der Waals surface area contributed by atoms with Gasteiger partial charge in [0.2, 0.25) is 0 Å². The molecule has 0 radical (unpaired) electrons. The van der Waals surface area contributed by atoms with Crippen molar-refractivity contribution in [1.82, 2.24) is 5.32 Å². The highest BCUT2D eigenvalue weighted by atomic mass is 32.2. The van der Waals surface area contributed by atoms with Crippen LogP contribution in [-0.4, -0.2) is 22.5 Å². The van der Waals surface area contributed by atoms with Crippen LogP contribution in [0.2, 0.25) is 0 Å². The second-order valence-electron chi connectivity index (χ2n) is 6.90. The number of nitrogens with zero attached hydrogens (tertiary/aromatic N) is 1. The van der Waals surface area contributed by atoms with Crippen molar-refractivity contribution in [2.24, 2.45) is 10.9 Å². The second kappa shape index (κ2) is 6.33. The summed E-state index contributed by atoms with van der Waals surface area (Å²) in [6.45, 7) is 6.80. The van der Waals surface area contributed by atoms with E-state index in [1.54, 1.807) is 0 Å². The van der Waals surface area contributed by atoms with E-state index in [1.165, 1.54) is 46.4 Å². The van der Waals surface area contributed by atoms with E-state index in [0.29, 0.717) is 11.6 Å². The molecule has 1 saturated carbocycles. The van der Waals surface area contributed by atoms with Gasteiger partial charge in [-0.1, -0.05) is 31.5 Å². The summed E-state index contributed by atoms with van der Waals surface area (Å²) in [6, 6.07) is 4.83. The minimum Gasteiger partial charge on any atom is -0.359 e. The van der Waals surface area contributed by atoms with Crippen molar-refractivity contribution in [1.29, 1.82) is 0 Å². The lowest BCUT2D eigenvalue weighted by Crippen LogP contribution is -2.47. The fourth-order valence-electron chi connectivity index (χ4n) is 3.61. The van der Waals surface area contributed by atoms with Crippen LogP contribution in [-0.2, 0) is 6.42 Å². The van der Waals surface area contributed by atoms with Crippen molar-refractivity contribution in [2.45, 2.75) is 64.5 Å². The summed E-state index contributed by atoms with van der Waals surface area (Å²) in [4.78, 5) is 7.78. The lowest BCUT2D eigenvalue weighted by molar-refractivity contribution is 0.242. The van der Waals surface area contributed by atoms with Crippen LogP contribution in [0.25, 0.3) is 0 Å². The van der Waals surface area contributed by atoms with Gasteiger partial charge >= 0.3 is 0 Å². The summed E-state index contributed by atoms with van der Waals surface area (Å²) in [5.41, 5.74) is 0.348. The van der Waals surface area contributed by atoms with Crippen molar-refractivity contribution in [3.05, 3.63) is 21.9 Å². The summed E-state index contributed by atoms with van der Waals surface area (Å²) in [5, 5.41) is 4.96. The standard InChI is InChI=1S/C17H26N2S2/c1-12-5-4-8-17(10-12)11-20-16(19-17)18-13(2)9-15-7-6-14(3)21-15/h6-7,12-13H,4-5,8-11H2,1-3H3,(H,18,19). The summed E-state index contributed by atoms with van der Waals surface area (Å²) >= 11 is 3.84. The molecule has 3 atom stereocenters. The van der Waals surface area contributed by atoms with E-state index in [-0.39, 0.29) is 0 Å². The molecule has 1 N–H and O–H groups in total. The summed E-state index contributed by atoms with van der Waals surface area (Å²) in [6.07, 6.45) is 6.47. The van der Waals surface area contributed by atoms with Crippen LogP contribution < -0.4 is 5.32 Å². The molecule has 1 saturated heterocycles. The van der Waals surface area contributed by atoms with Gasteiger partial charge in [0.1, 0.15) is 0 Å². The van der Waals surface area contributed by atoms with Crippen LogP contribution in [0.4, 0.5) is 0 Å². The number of amidine groups is 1. The zero-order valence-electron chi connectivity index (χ0n) is 13.3. The molecule has 0 bridgehead atoms. The van der Waals surface area contributed by atoms with E-state index in [9.17, 15) is 0 Å². The number of thioether (sulfide) groups is 1. The second-order valence-corrected chi connectivity index (χ2v) is 9.23. The average molecular weight is 323 g/mol. The van der Waals surface area contributed by atoms with E-state index in [0.717, 1.165) is 12.3 Å². The number of hydrogen-bond donors (Lipinski definition) is 1. The predicted octanol–water partition coefficient (Wildman–Crippen LogP) is 4.63. The quantitative estimate of drug-likeness (QED) is 0.877. The van der Waals surface area contributed by atoms with E-state index in [1.807, 2.05) is 23.1 Å². The van der Waals surface area contributed by atoms with Gasteiger partial charge < -0.3 is 5.32 Å².